The van der Waals surface area contributed by atoms with E-state index in [0.717, 1.165) is 43.1 Å². The molecule has 2 unspecified atom stereocenters. The van der Waals surface area contributed by atoms with E-state index in [0.29, 0.717) is 6.04 Å². The summed E-state index contributed by atoms with van der Waals surface area (Å²) in [5.41, 5.74) is 1.31. The second kappa shape index (κ2) is 6.56. The first kappa shape index (κ1) is 16.0. The maximum absolute atomic E-state index is 5.59. The highest BCUT2D eigenvalue weighted by Crippen LogP contribution is 2.36. The van der Waals surface area contributed by atoms with Crippen molar-refractivity contribution in [2.75, 3.05) is 32.2 Å². The van der Waals surface area contributed by atoms with Gasteiger partial charge in [0, 0.05) is 30.7 Å². The molecule has 4 heteroatoms. The van der Waals surface area contributed by atoms with Crippen molar-refractivity contribution in [1.29, 1.82) is 0 Å². The Hall–Kier alpha value is -1.42. The highest BCUT2D eigenvalue weighted by Gasteiger charge is 2.34. The average molecular weight is 292 g/mol. The van der Waals surface area contributed by atoms with Crippen LogP contribution in [0, 0.1) is 0 Å². The van der Waals surface area contributed by atoms with Crippen LogP contribution in [0.3, 0.4) is 0 Å². The van der Waals surface area contributed by atoms with Gasteiger partial charge in [-0.2, -0.15) is 0 Å². The third-order valence-corrected chi connectivity index (χ3v) is 4.67. The first-order valence-electron chi connectivity index (χ1n) is 7.80. The summed E-state index contributed by atoms with van der Waals surface area (Å²) in [5, 5.41) is 3.70. The number of rotatable bonds is 5. The van der Waals surface area contributed by atoms with Crippen LogP contribution in [0.4, 0.5) is 5.69 Å². The first-order chi connectivity index (χ1) is 10.1. The number of ether oxygens (including phenoxy) is 2. The van der Waals surface area contributed by atoms with Gasteiger partial charge in [0.15, 0.2) is 0 Å². The van der Waals surface area contributed by atoms with Gasteiger partial charge < -0.3 is 19.7 Å². The molecule has 0 spiro atoms. The predicted molar refractivity (Wildman–Crippen MR) is 87.7 cm³/mol. The molecule has 1 N–H and O–H groups in total. The van der Waals surface area contributed by atoms with Crippen LogP contribution in [0.25, 0.3) is 0 Å². The van der Waals surface area contributed by atoms with Crippen molar-refractivity contribution >= 4 is 5.69 Å². The molecule has 1 heterocycles. The largest absolute Gasteiger partial charge is 0.497 e. The Balaban J connectivity index is 2.36. The highest BCUT2D eigenvalue weighted by molar-refractivity contribution is 5.62. The zero-order valence-corrected chi connectivity index (χ0v) is 13.9. The molecule has 1 saturated heterocycles. The second-order valence-corrected chi connectivity index (χ2v) is 6.02. The van der Waals surface area contributed by atoms with Crippen molar-refractivity contribution in [2.45, 2.75) is 45.2 Å². The van der Waals surface area contributed by atoms with Crippen molar-refractivity contribution < 1.29 is 9.47 Å². The smallest absolute Gasteiger partial charge is 0.145 e. The summed E-state index contributed by atoms with van der Waals surface area (Å²) in [7, 11) is 3.41. The normalized spacial score (nSPS) is 25.8. The van der Waals surface area contributed by atoms with Crippen LogP contribution in [0.2, 0.25) is 0 Å². The van der Waals surface area contributed by atoms with Crippen LogP contribution in [-0.4, -0.2) is 38.9 Å². The molecular weight excluding hydrogens is 264 g/mol. The van der Waals surface area contributed by atoms with Gasteiger partial charge in [-0.3, -0.25) is 0 Å². The molecule has 4 nitrogen and oxygen atoms in total. The molecule has 118 valence electrons. The van der Waals surface area contributed by atoms with E-state index in [9.17, 15) is 0 Å². The van der Waals surface area contributed by atoms with Gasteiger partial charge in [-0.1, -0.05) is 13.8 Å². The van der Waals surface area contributed by atoms with Crippen LogP contribution < -0.4 is 19.7 Å². The van der Waals surface area contributed by atoms with Gasteiger partial charge in [0.25, 0.3) is 0 Å². The molecule has 1 aromatic rings. The van der Waals surface area contributed by atoms with E-state index < -0.39 is 0 Å². The van der Waals surface area contributed by atoms with Crippen LogP contribution in [0.5, 0.6) is 11.5 Å². The van der Waals surface area contributed by atoms with Crippen LogP contribution in [-0.2, 0) is 0 Å². The molecule has 1 fully saturated rings. The standard InChI is InChI=1S/C17H28N2O2/c1-6-13-11-18-17(3,7-2)12-19(13)15-9-8-14(20-4)10-16(15)21-5/h8-10,13,18H,6-7,11-12H2,1-5H3. The Kier molecular flexibility index (Phi) is 4.99. The number of methoxy groups -OCH3 is 2. The minimum Gasteiger partial charge on any atom is -0.497 e. The molecule has 0 amide bonds. The lowest BCUT2D eigenvalue weighted by molar-refractivity contribution is 0.274. The molecule has 21 heavy (non-hydrogen) atoms. The molecule has 0 saturated carbocycles. The maximum atomic E-state index is 5.59. The molecule has 1 aliphatic rings. The van der Waals surface area contributed by atoms with Gasteiger partial charge in [-0.25, -0.2) is 0 Å². The zero-order valence-electron chi connectivity index (χ0n) is 13.9. The van der Waals surface area contributed by atoms with Gasteiger partial charge >= 0.3 is 0 Å². The van der Waals surface area contributed by atoms with Crippen LogP contribution >= 0.6 is 0 Å². The summed E-state index contributed by atoms with van der Waals surface area (Å²) in [6.07, 6.45) is 2.22. The minimum atomic E-state index is 0.149. The Morgan fingerprint density at radius 2 is 2.05 bits per heavy atom. The molecule has 0 radical (unpaired) electrons. The lowest BCUT2D eigenvalue weighted by Crippen LogP contribution is -2.62. The third-order valence-electron chi connectivity index (χ3n) is 4.67. The van der Waals surface area contributed by atoms with E-state index in [2.05, 4.69) is 37.1 Å². The fourth-order valence-electron chi connectivity index (χ4n) is 2.94. The average Bonchev–Trinajstić information content (AvgIpc) is 2.54. The second-order valence-electron chi connectivity index (χ2n) is 6.02. The summed E-state index contributed by atoms with van der Waals surface area (Å²) in [6.45, 7) is 8.77. The van der Waals surface area contributed by atoms with E-state index in [1.54, 1.807) is 14.2 Å². The SMILES string of the molecule is CCC1CNC(C)(CC)CN1c1ccc(OC)cc1OC. The quantitative estimate of drug-likeness (QED) is 0.904. The van der Waals surface area contributed by atoms with Crippen molar-refractivity contribution in [3.05, 3.63) is 18.2 Å². The number of hydrogen-bond acceptors (Lipinski definition) is 4. The minimum absolute atomic E-state index is 0.149. The fourth-order valence-corrected chi connectivity index (χ4v) is 2.94. The van der Waals surface area contributed by atoms with Gasteiger partial charge in [0.2, 0.25) is 0 Å². The summed E-state index contributed by atoms with van der Waals surface area (Å²) < 4.78 is 10.9. The van der Waals surface area contributed by atoms with Gasteiger partial charge in [0.1, 0.15) is 11.5 Å². The fraction of sp³-hybridized carbons (Fsp3) is 0.647. The van der Waals surface area contributed by atoms with Crippen LogP contribution in [0.1, 0.15) is 33.6 Å². The number of nitrogens with zero attached hydrogens (tertiary/aromatic N) is 1. The number of anilines is 1. The predicted octanol–water partition coefficient (Wildman–Crippen LogP) is 3.06. The van der Waals surface area contributed by atoms with E-state index in [1.165, 1.54) is 0 Å². The molecule has 2 atom stereocenters. The monoisotopic (exact) mass is 292 g/mol. The van der Waals surface area contributed by atoms with E-state index >= 15 is 0 Å². The number of benzene rings is 1. The summed E-state index contributed by atoms with van der Waals surface area (Å²) >= 11 is 0. The van der Waals surface area contributed by atoms with E-state index in [4.69, 9.17) is 9.47 Å². The lowest BCUT2D eigenvalue weighted by atomic mass is 9.92. The summed E-state index contributed by atoms with van der Waals surface area (Å²) in [5.74, 6) is 1.71. The number of piperazine rings is 1. The molecule has 0 bridgehead atoms. The van der Waals surface area contributed by atoms with E-state index in [-0.39, 0.29) is 5.54 Å². The topological polar surface area (TPSA) is 33.7 Å². The Labute approximate surface area is 128 Å². The highest BCUT2D eigenvalue weighted by atomic mass is 16.5. The maximum Gasteiger partial charge on any atom is 0.145 e. The molecule has 1 aromatic carbocycles. The van der Waals surface area contributed by atoms with Crippen molar-refractivity contribution in [1.82, 2.24) is 5.32 Å². The van der Waals surface area contributed by atoms with Gasteiger partial charge in [-0.15, -0.1) is 0 Å². The molecular formula is C17H28N2O2. The number of hydrogen-bond donors (Lipinski definition) is 1. The summed E-state index contributed by atoms with van der Waals surface area (Å²) in [6, 6.07) is 6.58. The summed E-state index contributed by atoms with van der Waals surface area (Å²) in [4.78, 5) is 2.48. The molecule has 0 aliphatic carbocycles. The lowest BCUT2D eigenvalue weighted by Gasteiger charge is -2.47. The number of nitrogens with one attached hydrogen (secondary N) is 1. The van der Waals surface area contributed by atoms with Crippen molar-refractivity contribution in [2.24, 2.45) is 0 Å². The van der Waals surface area contributed by atoms with Gasteiger partial charge in [-0.05, 0) is 31.9 Å². The first-order valence-corrected chi connectivity index (χ1v) is 7.80. The Morgan fingerprint density at radius 1 is 1.29 bits per heavy atom. The molecule has 0 aromatic heterocycles. The van der Waals surface area contributed by atoms with E-state index in [1.807, 2.05) is 12.1 Å². The van der Waals surface area contributed by atoms with Crippen LogP contribution in [0.15, 0.2) is 18.2 Å². The van der Waals surface area contributed by atoms with Crippen molar-refractivity contribution in [3.8, 4) is 11.5 Å². The Bertz CT molecular complexity index is 478. The molecule has 2 rings (SSSR count). The molecule has 1 aliphatic heterocycles. The Morgan fingerprint density at radius 3 is 2.62 bits per heavy atom. The van der Waals surface area contributed by atoms with Crippen molar-refractivity contribution in [3.63, 3.8) is 0 Å². The van der Waals surface area contributed by atoms with Gasteiger partial charge in [0.05, 0.1) is 19.9 Å². The third kappa shape index (κ3) is 3.26. The zero-order chi connectivity index (χ0) is 15.5.